The molecule has 0 bridgehead atoms. The lowest BCUT2D eigenvalue weighted by molar-refractivity contribution is 0.797. The average molecular weight is 499 g/mol. The fourth-order valence-corrected chi connectivity index (χ4v) is 5.02. The van der Waals surface area contributed by atoms with Gasteiger partial charge >= 0.3 is 0 Å². The first-order valence-corrected chi connectivity index (χ1v) is 12.7. The first-order chi connectivity index (χ1) is 17.6. The fraction of sp³-hybridized carbons (Fsp3) is 0.276. The van der Waals surface area contributed by atoms with Gasteiger partial charge in [-0.05, 0) is 68.8 Å². The summed E-state index contributed by atoms with van der Waals surface area (Å²) in [5, 5.41) is 11.3. The minimum Gasteiger partial charge on any atom is -0.360 e. The van der Waals surface area contributed by atoms with Gasteiger partial charge in [0, 0.05) is 54.5 Å². The molecule has 1 aromatic carbocycles. The normalized spacial score (nSPS) is 14.2. The first kappa shape index (κ1) is 24.2. The molecule has 0 saturated heterocycles. The standard InChI is InChI=1S/C29H31ClN6/c1-19-23-12-15-34-28(23)25(30)11-10-21-6-4-5-7-27(21)36-29(19)24(18-32-3)26(35-36)13-14-33-17-22(16-31-2)20-8-9-20/h4-7,10-12,15-17,20,32,34H,2,8-9,13-14,18H2,1,3H3/b11-10?,22-16+,23-19?,28-25?,33-17?. The number of aliphatic imine (C=N–C) groups is 2. The Morgan fingerprint density at radius 2 is 2.08 bits per heavy atom. The number of nitrogens with one attached hydrogen (secondary N) is 2. The zero-order valence-electron chi connectivity index (χ0n) is 20.8. The number of benzene rings is 1. The molecule has 1 aliphatic rings. The summed E-state index contributed by atoms with van der Waals surface area (Å²) in [4.78, 5) is 12.0. The van der Waals surface area contributed by atoms with Crippen molar-refractivity contribution < 1.29 is 0 Å². The summed E-state index contributed by atoms with van der Waals surface area (Å²) in [5.74, 6) is 0.584. The van der Waals surface area contributed by atoms with Crippen LogP contribution >= 0.6 is 11.6 Å². The van der Waals surface area contributed by atoms with Crippen molar-refractivity contribution in [3.8, 4) is 0 Å². The molecule has 4 aromatic rings. The van der Waals surface area contributed by atoms with Gasteiger partial charge in [-0.2, -0.15) is 5.10 Å². The van der Waals surface area contributed by atoms with Crippen LogP contribution in [0.15, 0.2) is 70.4 Å². The number of hydrogen-bond acceptors (Lipinski definition) is 4. The Morgan fingerprint density at radius 1 is 1.25 bits per heavy atom. The van der Waals surface area contributed by atoms with Crippen LogP contribution in [0.1, 0.15) is 29.7 Å². The van der Waals surface area contributed by atoms with Crippen LogP contribution in [0.25, 0.3) is 27.3 Å². The molecule has 0 spiro atoms. The monoisotopic (exact) mass is 498 g/mol. The number of allylic oxidation sites excluding steroid dienone is 1. The summed E-state index contributed by atoms with van der Waals surface area (Å²) in [6.45, 7) is 7.11. The molecule has 5 rings (SSSR count). The van der Waals surface area contributed by atoms with Gasteiger partial charge in [0.05, 0.1) is 27.3 Å². The fourth-order valence-electron chi connectivity index (χ4n) is 4.80. The molecule has 1 saturated carbocycles. The van der Waals surface area contributed by atoms with E-state index in [1.165, 1.54) is 24.0 Å². The summed E-state index contributed by atoms with van der Waals surface area (Å²) in [6.07, 6.45) is 8.89. The molecule has 1 fully saturated rings. The molecular formula is C29H31ClN6. The zero-order valence-corrected chi connectivity index (χ0v) is 21.5. The molecule has 0 aliphatic heterocycles. The van der Waals surface area contributed by atoms with E-state index < -0.39 is 0 Å². The first-order valence-electron chi connectivity index (χ1n) is 12.4. The number of rotatable bonds is 8. The number of aromatic amines is 1. The predicted molar refractivity (Wildman–Crippen MR) is 152 cm³/mol. The van der Waals surface area contributed by atoms with E-state index >= 15 is 0 Å². The van der Waals surface area contributed by atoms with Crippen molar-refractivity contribution >= 4 is 51.9 Å². The molecule has 0 amide bonds. The van der Waals surface area contributed by atoms with Crippen LogP contribution in [0.5, 0.6) is 0 Å². The molecule has 0 atom stereocenters. The van der Waals surface area contributed by atoms with Crippen molar-refractivity contribution in [3.05, 3.63) is 82.3 Å². The van der Waals surface area contributed by atoms with E-state index in [9.17, 15) is 0 Å². The minimum atomic E-state index is 0.584. The number of hydrogen-bond donors (Lipinski definition) is 2. The van der Waals surface area contributed by atoms with Gasteiger partial charge < -0.3 is 10.3 Å². The number of nitrogens with zero attached hydrogens (tertiary/aromatic N) is 4. The number of para-hydroxylation sites is 1. The van der Waals surface area contributed by atoms with Crippen LogP contribution < -0.4 is 5.32 Å². The number of aromatic nitrogens is 3. The van der Waals surface area contributed by atoms with Gasteiger partial charge in [-0.1, -0.05) is 35.9 Å². The Kier molecular flexibility index (Phi) is 7.16. The van der Waals surface area contributed by atoms with Crippen LogP contribution in [0.4, 0.5) is 0 Å². The van der Waals surface area contributed by atoms with E-state index in [0.717, 1.165) is 45.0 Å². The molecule has 3 heterocycles. The Balaban J connectivity index is 1.71. The lowest BCUT2D eigenvalue weighted by Gasteiger charge is -2.05. The third-order valence-corrected chi connectivity index (χ3v) is 7.06. The van der Waals surface area contributed by atoms with Gasteiger partial charge in [-0.3, -0.25) is 9.98 Å². The molecule has 184 valence electrons. The summed E-state index contributed by atoms with van der Waals surface area (Å²) in [6, 6.07) is 14.4. The third kappa shape index (κ3) is 4.79. The van der Waals surface area contributed by atoms with Crippen molar-refractivity contribution in [1.29, 1.82) is 0 Å². The minimum absolute atomic E-state index is 0.584. The van der Waals surface area contributed by atoms with Crippen LogP contribution in [-0.2, 0) is 13.0 Å². The van der Waals surface area contributed by atoms with Gasteiger partial charge in [0.1, 0.15) is 0 Å². The lowest BCUT2D eigenvalue weighted by Crippen LogP contribution is -2.08. The summed E-state index contributed by atoms with van der Waals surface area (Å²) < 4.78 is 2.09. The Bertz CT molecular complexity index is 1550. The average Bonchev–Trinajstić information content (AvgIpc) is 3.50. The van der Waals surface area contributed by atoms with Crippen molar-refractivity contribution in [3.63, 3.8) is 0 Å². The van der Waals surface area contributed by atoms with Gasteiger partial charge in [0.15, 0.2) is 0 Å². The lowest BCUT2D eigenvalue weighted by atomic mass is 10.1. The van der Waals surface area contributed by atoms with E-state index in [1.54, 1.807) is 0 Å². The van der Waals surface area contributed by atoms with Gasteiger partial charge in [-0.15, -0.1) is 0 Å². The number of fused-ring (bicyclic) bond motifs is 4. The summed E-state index contributed by atoms with van der Waals surface area (Å²) in [5.41, 5.74) is 7.54. The van der Waals surface area contributed by atoms with E-state index in [1.807, 2.05) is 43.9 Å². The molecule has 0 radical (unpaired) electrons. The molecule has 6 nitrogen and oxygen atoms in total. The van der Waals surface area contributed by atoms with Gasteiger partial charge in [-0.25, -0.2) is 4.52 Å². The van der Waals surface area contributed by atoms with E-state index in [4.69, 9.17) is 21.7 Å². The summed E-state index contributed by atoms with van der Waals surface area (Å²) in [7, 11) is 1.97. The van der Waals surface area contributed by atoms with E-state index in [-0.39, 0.29) is 0 Å². The quantitative estimate of drug-likeness (QED) is 0.277. The third-order valence-electron chi connectivity index (χ3n) is 6.75. The Labute approximate surface area is 216 Å². The maximum absolute atomic E-state index is 6.73. The Morgan fingerprint density at radius 3 is 2.86 bits per heavy atom. The number of aryl methyl sites for hydroxylation is 1. The van der Waals surface area contributed by atoms with Crippen LogP contribution in [-0.4, -0.2) is 41.1 Å². The highest BCUT2D eigenvalue weighted by Crippen LogP contribution is 2.35. The topological polar surface area (TPSA) is 69.8 Å². The second kappa shape index (κ2) is 10.6. The van der Waals surface area contributed by atoms with Crippen LogP contribution in [0.2, 0.25) is 5.02 Å². The maximum atomic E-state index is 6.73. The molecule has 3 aromatic heterocycles. The molecule has 0 unspecified atom stereocenters. The Hall–Kier alpha value is -3.48. The highest BCUT2D eigenvalue weighted by Gasteiger charge is 2.24. The van der Waals surface area contributed by atoms with E-state index in [2.05, 4.69) is 57.7 Å². The largest absolute Gasteiger partial charge is 0.360 e. The molecular weight excluding hydrogens is 468 g/mol. The molecule has 1 aliphatic carbocycles. The summed E-state index contributed by atoms with van der Waals surface area (Å²) >= 11 is 6.73. The molecule has 2 N–H and O–H groups in total. The second-order valence-corrected chi connectivity index (χ2v) is 9.63. The van der Waals surface area contributed by atoms with Crippen molar-refractivity contribution in [2.24, 2.45) is 15.9 Å². The zero-order chi connectivity index (χ0) is 25.1. The molecule has 36 heavy (non-hydrogen) atoms. The highest BCUT2D eigenvalue weighted by atomic mass is 35.5. The second-order valence-electron chi connectivity index (χ2n) is 9.22. The van der Waals surface area contributed by atoms with Crippen LogP contribution in [0.3, 0.4) is 0 Å². The maximum Gasteiger partial charge on any atom is 0.0752 e. The van der Waals surface area contributed by atoms with Crippen LogP contribution in [0, 0.1) is 12.8 Å². The SMILES string of the molecule is C=N/C=C(\C=NCCc1nn2c(c1CNC)c(C)c1cc[nH]c1c(Cl)ccc1ccccc12)C1CC1. The van der Waals surface area contributed by atoms with Gasteiger partial charge in [0.2, 0.25) is 0 Å². The predicted octanol–water partition coefficient (Wildman–Crippen LogP) is 6.38. The number of halogens is 1. The van der Waals surface area contributed by atoms with E-state index in [0.29, 0.717) is 24.0 Å². The molecule has 7 heteroatoms. The van der Waals surface area contributed by atoms with Crippen molar-refractivity contribution in [2.45, 2.75) is 32.7 Å². The number of H-pyrrole nitrogens is 1. The van der Waals surface area contributed by atoms with Gasteiger partial charge in [0.25, 0.3) is 0 Å². The smallest absolute Gasteiger partial charge is 0.0752 e. The highest BCUT2D eigenvalue weighted by molar-refractivity contribution is 6.35. The van der Waals surface area contributed by atoms with Crippen molar-refractivity contribution in [1.82, 2.24) is 19.9 Å². The van der Waals surface area contributed by atoms with Crippen molar-refractivity contribution in [2.75, 3.05) is 13.6 Å².